The lowest BCUT2D eigenvalue weighted by molar-refractivity contribution is -0.124. The number of nitrogens with one attached hydrogen (secondary N) is 1. The molecule has 1 amide bonds. The van der Waals surface area contributed by atoms with Crippen molar-refractivity contribution in [1.82, 2.24) is 10.3 Å². The number of rotatable bonds is 2. The fourth-order valence-electron chi connectivity index (χ4n) is 1.73. The Labute approximate surface area is 87.7 Å². The van der Waals surface area contributed by atoms with E-state index in [4.69, 9.17) is 0 Å². The summed E-state index contributed by atoms with van der Waals surface area (Å²) in [6.07, 6.45) is 4.61. The van der Waals surface area contributed by atoms with E-state index in [2.05, 4.69) is 10.3 Å². The lowest BCUT2D eigenvalue weighted by atomic mass is 9.91. The topological polar surface area (TPSA) is 59.1 Å². The Balaban J connectivity index is 2.17. The molecule has 78 valence electrons. The van der Waals surface area contributed by atoms with E-state index in [0.717, 1.165) is 6.42 Å². The van der Waals surface area contributed by atoms with Crippen LogP contribution in [0.4, 0.5) is 0 Å². The van der Waals surface area contributed by atoms with Gasteiger partial charge >= 0.3 is 0 Å². The molecule has 1 aromatic rings. The van der Waals surface area contributed by atoms with Gasteiger partial charge in [0.15, 0.2) is 5.78 Å². The maximum atomic E-state index is 11.9. The van der Waals surface area contributed by atoms with E-state index in [1.807, 2.05) is 0 Å². The van der Waals surface area contributed by atoms with Crippen molar-refractivity contribution in [3.05, 3.63) is 30.1 Å². The number of hydrogen-bond acceptors (Lipinski definition) is 3. The summed E-state index contributed by atoms with van der Waals surface area (Å²) < 4.78 is 0. The molecule has 0 spiro atoms. The molecule has 0 aromatic carbocycles. The molecule has 1 fully saturated rings. The van der Waals surface area contributed by atoms with Gasteiger partial charge in [0, 0.05) is 24.5 Å². The van der Waals surface area contributed by atoms with Crippen LogP contribution in [0.15, 0.2) is 24.5 Å². The van der Waals surface area contributed by atoms with Gasteiger partial charge in [0.25, 0.3) is 0 Å². The van der Waals surface area contributed by atoms with Crippen LogP contribution in [0.25, 0.3) is 0 Å². The number of carbonyl (C=O) groups is 2. The largest absolute Gasteiger partial charge is 0.355 e. The number of nitrogens with zero attached hydrogens (tertiary/aromatic N) is 1. The summed E-state index contributed by atoms with van der Waals surface area (Å²) in [5.41, 5.74) is 0.513. The quantitative estimate of drug-likeness (QED) is 0.572. The van der Waals surface area contributed by atoms with Gasteiger partial charge < -0.3 is 5.32 Å². The number of piperidine rings is 1. The fraction of sp³-hybridized carbons (Fsp3) is 0.364. The number of aromatic nitrogens is 1. The fourth-order valence-corrected chi connectivity index (χ4v) is 1.73. The zero-order valence-corrected chi connectivity index (χ0v) is 8.27. The first-order valence-corrected chi connectivity index (χ1v) is 5.01. The van der Waals surface area contributed by atoms with Crippen LogP contribution in [0.1, 0.15) is 23.2 Å². The molecule has 1 aromatic heterocycles. The van der Waals surface area contributed by atoms with Gasteiger partial charge in [-0.15, -0.1) is 0 Å². The molecule has 0 aliphatic carbocycles. The molecule has 4 nitrogen and oxygen atoms in total. The van der Waals surface area contributed by atoms with Crippen LogP contribution >= 0.6 is 0 Å². The van der Waals surface area contributed by atoms with Gasteiger partial charge in [-0.25, -0.2) is 0 Å². The zero-order valence-electron chi connectivity index (χ0n) is 8.27. The average molecular weight is 204 g/mol. The molecule has 1 saturated heterocycles. The number of carbonyl (C=O) groups excluding carboxylic acids is 2. The molecule has 2 heterocycles. The van der Waals surface area contributed by atoms with Gasteiger partial charge in [-0.1, -0.05) is 0 Å². The molecule has 4 heteroatoms. The van der Waals surface area contributed by atoms with Crippen LogP contribution in [0.5, 0.6) is 0 Å². The maximum absolute atomic E-state index is 11.9. The number of Topliss-reactive ketones (excluding diaryl/α,β-unsaturated/α-hetero) is 1. The van der Waals surface area contributed by atoms with Crippen molar-refractivity contribution in [2.45, 2.75) is 12.8 Å². The Morgan fingerprint density at radius 2 is 2.40 bits per heavy atom. The normalized spacial score (nSPS) is 20.8. The molecule has 1 atom stereocenters. The predicted molar refractivity (Wildman–Crippen MR) is 54.3 cm³/mol. The Morgan fingerprint density at radius 3 is 3.07 bits per heavy atom. The second-order valence-corrected chi connectivity index (χ2v) is 3.59. The second kappa shape index (κ2) is 4.21. The molecule has 1 aliphatic rings. The van der Waals surface area contributed by atoms with E-state index in [1.54, 1.807) is 18.3 Å². The Hall–Kier alpha value is -1.71. The van der Waals surface area contributed by atoms with Crippen LogP contribution < -0.4 is 5.32 Å². The molecule has 1 unspecified atom stereocenters. The maximum Gasteiger partial charge on any atom is 0.230 e. The number of hydrogen-bond donors (Lipinski definition) is 1. The van der Waals surface area contributed by atoms with Crippen molar-refractivity contribution in [2.75, 3.05) is 6.54 Å². The molecule has 1 N–H and O–H groups in total. The lowest BCUT2D eigenvalue weighted by Gasteiger charge is -2.20. The van der Waals surface area contributed by atoms with Crippen LogP contribution in [0.2, 0.25) is 0 Å². The van der Waals surface area contributed by atoms with Crippen molar-refractivity contribution in [2.24, 2.45) is 5.92 Å². The van der Waals surface area contributed by atoms with Crippen molar-refractivity contribution in [3.63, 3.8) is 0 Å². The summed E-state index contributed by atoms with van der Waals surface area (Å²) in [6, 6.07) is 3.39. The monoisotopic (exact) mass is 204 g/mol. The smallest absolute Gasteiger partial charge is 0.230 e. The number of amides is 1. The first-order chi connectivity index (χ1) is 7.29. The molecular formula is C11H12N2O2. The molecule has 0 bridgehead atoms. The Bertz CT molecular complexity index is 375. The van der Waals surface area contributed by atoms with E-state index in [0.29, 0.717) is 18.5 Å². The van der Waals surface area contributed by atoms with E-state index in [1.165, 1.54) is 6.20 Å². The highest BCUT2D eigenvalue weighted by molar-refractivity contribution is 6.10. The minimum Gasteiger partial charge on any atom is -0.355 e. The van der Waals surface area contributed by atoms with Crippen LogP contribution in [-0.4, -0.2) is 23.2 Å². The van der Waals surface area contributed by atoms with Crippen molar-refractivity contribution < 1.29 is 9.59 Å². The zero-order chi connectivity index (χ0) is 10.7. The van der Waals surface area contributed by atoms with E-state index in [-0.39, 0.29) is 11.7 Å². The Kier molecular flexibility index (Phi) is 2.76. The van der Waals surface area contributed by atoms with Crippen molar-refractivity contribution >= 4 is 11.7 Å². The van der Waals surface area contributed by atoms with Crippen LogP contribution in [-0.2, 0) is 4.79 Å². The van der Waals surface area contributed by atoms with Crippen LogP contribution in [0.3, 0.4) is 0 Å². The summed E-state index contributed by atoms with van der Waals surface area (Å²) >= 11 is 0. The highest BCUT2D eigenvalue weighted by Gasteiger charge is 2.29. The molecule has 0 radical (unpaired) electrons. The predicted octanol–water partition coefficient (Wildman–Crippen LogP) is 0.791. The van der Waals surface area contributed by atoms with Gasteiger partial charge in [-0.3, -0.25) is 14.6 Å². The lowest BCUT2D eigenvalue weighted by Crippen LogP contribution is -2.40. The summed E-state index contributed by atoms with van der Waals surface area (Å²) in [5, 5.41) is 2.70. The molecular weight excluding hydrogens is 192 g/mol. The van der Waals surface area contributed by atoms with Crippen molar-refractivity contribution in [3.8, 4) is 0 Å². The first kappa shape index (κ1) is 9.83. The van der Waals surface area contributed by atoms with E-state index in [9.17, 15) is 9.59 Å². The third-order valence-electron chi connectivity index (χ3n) is 2.55. The molecule has 0 saturated carbocycles. The van der Waals surface area contributed by atoms with Gasteiger partial charge in [-0.2, -0.15) is 0 Å². The SMILES string of the molecule is O=C1NCCCC1C(=O)c1cccnc1. The highest BCUT2D eigenvalue weighted by Crippen LogP contribution is 2.16. The summed E-state index contributed by atoms with van der Waals surface area (Å²) in [4.78, 5) is 27.2. The highest BCUT2D eigenvalue weighted by atomic mass is 16.2. The second-order valence-electron chi connectivity index (χ2n) is 3.59. The van der Waals surface area contributed by atoms with Gasteiger partial charge in [0.2, 0.25) is 5.91 Å². The van der Waals surface area contributed by atoms with E-state index < -0.39 is 5.92 Å². The number of ketones is 1. The number of pyridine rings is 1. The standard InChI is InChI=1S/C11H12N2O2/c14-10(8-3-1-5-12-7-8)9-4-2-6-13-11(9)15/h1,3,5,7,9H,2,4,6H2,(H,13,15). The average Bonchev–Trinajstić information content (AvgIpc) is 2.30. The minimum absolute atomic E-state index is 0.125. The van der Waals surface area contributed by atoms with Gasteiger partial charge in [0.05, 0.1) is 0 Å². The summed E-state index contributed by atoms with van der Waals surface area (Å²) in [6.45, 7) is 0.676. The minimum atomic E-state index is -0.525. The first-order valence-electron chi connectivity index (χ1n) is 5.01. The third kappa shape index (κ3) is 2.03. The van der Waals surface area contributed by atoms with E-state index >= 15 is 0 Å². The molecule has 15 heavy (non-hydrogen) atoms. The van der Waals surface area contributed by atoms with Crippen LogP contribution in [0, 0.1) is 5.92 Å². The third-order valence-corrected chi connectivity index (χ3v) is 2.55. The molecule has 1 aliphatic heterocycles. The Morgan fingerprint density at radius 1 is 1.53 bits per heavy atom. The molecule has 2 rings (SSSR count). The van der Waals surface area contributed by atoms with Gasteiger partial charge in [0.1, 0.15) is 5.92 Å². The van der Waals surface area contributed by atoms with Crippen molar-refractivity contribution in [1.29, 1.82) is 0 Å². The van der Waals surface area contributed by atoms with Gasteiger partial charge in [-0.05, 0) is 25.0 Å². The summed E-state index contributed by atoms with van der Waals surface area (Å²) in [5.74, 6) is -0.807. The summed E-state index contributed by atoms with van der Waals surface area (Å²) in [7, 11) is 0.